The lowest BCUT2D eigenvalue weighted by molar-refractivity contribution is -0.117. The predicted molar refractivity (Wildman–Crippen MR) is 118 cm³/mol. The average molecular weight is 453 g/mol. The largest absolute Gasteiger partial charge is 0.487 e. The van der Waals surface area contributed by atoms with E-state index in [-0.39, 0.29) is 24.0 Å². The van der Waals surface area contributed by atoms with Gasteiger partial charge < -0.3 is 9.47 Å². The van der Waals surface area contributed by atoms with Crippen molar-refractivity contribution in [2.75, 3.05) is 0 Å². The van der Waals surface area contributed by atoms with Crippen LogP contribution in [0.1, 0.15) is 55.6 Å². The lowest BCUT2D eigenvalue weighted by Gasteiger charge is -2.36. The number of hydrogen-bond acceptors (Lipinski definition) is 4. The van der Waals surface area contributed by atoms with Crippen LogP contribution in [-0.2, 0) is 20.9 Å². The molecule has 2 aromatic carbocycles. The maximum absolute atomic E-state index is 13.9. The highest BCUT2D eigenvalue weighted by Gasteiger charge is 2.41. The smallest absolute Gasteiger partial charge is 0.163 e. The minimum Gasteiger partial charge on any atom is -0.487 e. The molecule has 3 aliphatic rings. The lowest BCUT2D eigenvalue weighted by Crippen LogP contribution is -2.30. The van der Waals surface area contributed by atoms with Crippen LogP contribution in [0.5, 0.6) is 5.75 Å². The summed E-state index contributed by atoms with van der Waals surface area (Å²) in [7, 11) is 0. The molecule has 0 fully saturated rings. The molecule has 0 aromatic heterocycles. The summed E-state index contributed by atoms with van der Waals surface area (Å²) in [5, 5.41) is 0.348. The van der Waals surface area contributed by atoms with E-state index in [1.807, 2.05) is 6.07 Å². The van der Waals surface area contributed by atoms with Gasteiger partial charge in [-0.1, -0.05) is 35.9 Å². The molecule has 1 heterocycles. The molecule has 0 bridgehead atoms. The minimum absolute atomic E-state index is 0.0252. The van der Waals surface area contributed by atoms with Crippen molar-refractivity contribution in [3.05, 3.63) is 87.1 Å². The van der Waals surface area contributed by atoms with Crippen LogP contribution in [0.15, 0.2) is 65.1 Å². The van der Waals surface area contributed by atoms with E-state index in [4.69, 9.17) is 21.1 Å². The molecule has 0 atom stereocenters. The highest BCUT2D eigenvalue weighted by molar-refractivity contribution is 6.32. The fraction of sp³-hybridized carbons (Fsp3) is 0.308. The van der Waals surface area contributed by atoms with Gasteiger partial charge in [-0.25, -0.2) is 4.39 Å². The van der Waals surface area contributed by atoms with Gasteiger partial charge in [0.1, 0.15) is 29.7 Å². The number of allylic oxidation sites excluding steroid dienone is 4. The number of rotatable bonds is 4. The van der Waals surface area contributed by atoms with Crippen molar-refractivity contribution in [1.29, 1.82) is 0 Å². The van der Waals surface area contributed by atoms with E-state index in [9.17, 15) is 14.0 Å². The van der Waals surface area contributed by atoms with Crippen LogP contribution in [0.3, 0.4) is 0 Å². The standard InChI is InChI=1S/C26H22ClFO4/c27-17-13-15(11-12-21(17)31-14-16-5-1-2-6-18(16)28)24-25-19(29)7-3-9-22(25)32-23-10-4-8-20(30)26(23)24/h1-2,5-6,11-13,24H,3-4,7-10,14H2. The van der Waals surface area contributed by atoms with E-state index in [2.05, 4.69) is 0 Å². The van der Waals surface area contributed by atoms with E-state index in [1.54, 1.807) is 30.3 Å². The van der Waals surface area contributed by atoms with Crippen LogP contribution in [0, 0.1) is 5.82 Å². The van der Waals surface area contributed by atoms with Gasteiger partial charge in [0.25, 0.3) is 0 Å². The quantitative estimate of drug-likeness (QED) is 0.555. The van der Waals surface area contributed by atoms with Crippen molar-refractivity contribution in [3.8, 4) is 5.75 Å². The molecule has 1 aliphatic heterocycles. The van der Waals surface area contributed by atoms with Gasteiger partial charge in [0.05, 0.1) is 5.02 Å². The third-order valence-corrected chi connectivity index (χ3v) is 6.57. The Balaban J connectivity index is 1.49. The lowest BCUT2D eigenvalue weighted by atomic mass is 9.73. The Bertz CT molecular complexity index is 1140. The second kappa shape index (κ2) is 8.55. The van der Waals surface area contributed by atoms with Crippen molar-refractivity contribution < 1.29 is 23.5 Å². The van der Waals surface area contributed by atoms with Crippen molar-refractivity contribution in [2.24, 2.45) is 0 Å². The summed E-state index contributed by atoms with van der Waals surface area (Å²) in [5.41, 5.74) is 2.37. The van der Waals surface area contributed by atoms with Crippen LogP contribution in [0.25, 0.3) is 0 Å². The summed E-state index contributed by atoms with van der Waals surface area (Å²) in [5.74, 6) is 1.04. The summed E-state index contributed by atoms with van der Waals surface area (Å²) in [6.07, 6.45) is 3.80. The highest BCUT2D eigenvalue weighted by atomic mass is 35.5. The third-order valence-electron chi connectivity index (χ3n) is 6.27. The number of ketones is 2. The Morgan fingerprint density at radius 3 is 2.22 bits per heavy atom. The second-order valence-electron chi connectivity index (χ2n) is 8.33. The van der Waals surface area contributed by atoms with E-state index in [1.165, 1.54) is 6.07 Å². The van der Waals surface area contributed by atoms with E-state index >= 15 is 0 Å². The molecule has 2 aliphatic carbocycles. The van der Waals surface area contributed by atoms with Crippen LogP contribution >= 0.6 is 11.6 Å². The molecular weight excluding hydrogens is 431 g/mol. The summed E-state index contributed by atoms with van der Waals surface area (Å²) in [6, 6.07) is 11.7. The summed E-state index contributed by atoms with van der Waals surface area (Å²) in [4.78, 5) is 25.7. The topological polar surface area (TPSA) is 52.6 Å². The first-order valence-electron chi connectivity index (χ1n) is 10.9. The third kappa shape index (κ3) is 3.75. The Hall–Kier alpha value is -2.92. The normalized spacial score (nSPS) is 18.9. The van der Waals surface area contributed by atoms with Gasteiger partial charge in [-0.15, -0.1) is 0 Å². The number of ether oxygens (including phenoxy) is 2. The van der Waals surface area contributed by atoms with Crippen LogP contribution in [-0.4, -0.2) is 11.6 Å². The summed E-state index contributed by atoms with van der Waals surface area (Å²) >= 11 is 6.53. The molecule has 164 valence electrons. The molecule has 0 saturated carbocycles. The first-order chi connectivity index (χ1) is 15.5. The van der Waals surface area contributed by atoms with E-state index < -0.39 is 5.92 Å². The molecule has 0 amide bonds. The van der Waals surface area contributed by atoms with Gasteiger partial charge >= 0.3 is 0 Å². The average Bonchev–Trinajstić information content (AvgIpc) is 2.78. The van der Waals surface area contributed by atoms with Crippen molar-refractivity contribution in [1.82, 2.24) is 0 Å². The predicted octanol–water partition coefficient (Wildman–Crippen LogP) is 6.19. The van der Waals surface area contributed by atoms with Crippen molar-refractivity contribution >= 4 is 23.2 Å². The Morgan fingerprint density at radius 2 is 1.59 bits per heavy atom. The van der Waals surface area contributed by atoms with Gasteiger partial charge in [0.15, 0.2) is 11.6 Å². The van der Waals surface area contributed by atoms with Gasteiger partial charge in [-0.05, 0) is 36.6 Å². The number of halogens is 2. The first-order valence-corrected chi connectivity index (χ1v) is 11.3. The first kappa shape index (κ1) is 21.0. The number of hydrogen-bond donors (Lipinski definition) is 0. The minimum atomic E-state index is -0.465. The number of benzene rings is 2. The Labute approximate surface area is 190 Å². The van der Waals surface area contributed by atoms with Crippen LogP contribution in [0.4, 0.5) is 4.39 Å². The van der Waals surface area contributed by atoms with Crippen LogP contribution < -0.4 is 4.74 Å². The molecule has 32 heavy (non-hydrogen) atoms. The molecule has 2 aromatic rings. The monoisotopic (exact) mass is 452 g/mol. The second-order valence-corrected chi connectivity index (χ2v) is 8.74. The van der Waals surface area contributed by atoms with Gasteiger partial charge in [0.2, 0.25) is 0 Å². The molecule has 0 radical (unpaired) electrons. The summed E-state index contributed by atoms with van der Waals surface area (Å²) < 4.78 is 25.7. The highest BCUT2D eigenvalue weighted by Crippen LogP contribution is 2.48. The van der Waals surface area contributed by atoms with Crippen molar-refractivity contribution in [3.63, 3.8) is 0 Å². The zero-order valence-electron chi connectivity index (χ0n) is 17.5. The van der Waals surface area contributed by atoms with Gasteiger partial charge in [0, 0.05) is 48.3 Å². The molecule has 5 rings (SSSR count). The Kier molecular flexibility index (Phi) is 5.60. The zero-order valence-corrected chi connectivity index (χ0v) is 18.2. The maximum atomic E-state index is 13.9. The zero-order chi connectivity index (χ0) is 22.2. The van der Waals surface area contributed by atoms with E-state index in [0.717, 1.165) is 18.4 Å². The van der Waals surface area contributed by atoms with Gasteiger partial charge in [-0.3, -0.25) is 9.59 Å². The SMILES string of the molecule is O=C1CCCC2=C1C(c1ccc(OCc3ccccc3F)c(Cl)c1)C1=C(CCCC1=O)O2. The van der Waals surface area contributed by atoms with E-state index in [0.29, 0.717) is 64.7 Å². The maximum Gasteiger partial charge on any atom is 0.163 e. The number of Topliss-reactive ketones (excluding diaryl/α,β-unsaturated/α-hetero) is 2. The molecule has 0 N–H and O–H groups in total. The van der Waals surface area contributed by atoms with Crippen LogP contribution in [0.2, 0.25) is 5.02 Å². The van der Waals surface area contributed by atoms with Gasteiger partial charge in [-0.2, -0.15) is 0 Å². The molecule has 6 heteroatoms. The Morgan fingerprint density at radius 1 is 0.938 bits per heavy atom. The molecular formula is C26H22ClFO4. The molecule has 0 unspecified atom stereocenters. The molecule has 0 spiro atoms. The number of carbonyl (C=O) groups is 2. The number of carbonyl (C=O) groups excluding carboxylic acids is 2. The molecule has 0 saturated heterocycles. The summed E-state index contributed by atoms with van der Waals surface area (Å²) in [6.45, 7) is 0.0462. The fourth-order valence-electron chi connectivity index (χ4n) is 4.74. The molecule has 4 nitrogen and oxygen atoms in total. The fourth-order valence-corrected chi connectivity index (χ4v) is 4.98. The van der Waals surface area contributed by atoms with Crippen molar-refractivity contribution in [2.45, 2.75) is 51.0 Å².